The first kappa shape index (κ1) is 14.8. The molecule has 0 spiro atoms. The van der Waals surface area contributed by atoms with Gasteiger partial charge in [-0.25, -0.2) is 4.79 Å². The number of esters is 1. The number of hydrogen-bond acceptors (Lipinski definition) is 5. The van der Waals surface area contributed by atoms with Gasteiger partial charge in [-0.3, -0.25) is 14.9 Å². The van der Waals surface area contributed by atoms with Gasteiger partial charge in [0, 0.05) is 6.04 Å². The van der Waals surface area contributed by atoms with Crippen LogP contribution in [0.1, 0.15) is 26.7 Å². The van der Waals surface area contributed by atoms with Crippen LogP contribution < -0.4 is 10.6 Å². The molecule has 18 heavy (non-hydrogen) atoms. The number of urea groups is 1. The van der Waals surface area contributed by atoms with Crippen LogP contribution in [-0.4, -0.2) is 41.6 Å². The molecular formula is C11H18N2O4S. The molecule has 1 saturated carbocycles. The van der Waals surface area contributed by atoms with Crippen molar-refractivity contribution in [3.8, 4) is 0 Å². The molecule has 1 fully saturated rings. The SMILES string of the molecule is CCOC(=O)CS[C@@H](C)C(=O)NC(=O)NC1CC1. The van der Waals surface area contributed by atoms with Crippen LogP contribution in [0, 0.1) is 0 Å². The van der Waals surface area contributed by atoms with Gasteiger partial charge in [-0.2, -0.15) is 0 Å². The third-order valence-electron chi connectivity index (χ3n) is 2.28. The molecular weight excluding hydrogens is 256 g/mol. The molecule has 6 nitrogen and oxygen atoms in total. The third-order valence-corrected chi connectivity index (χ3v) is 3.39. The van der Waals surface area contributed by atoms with Gasteiger partial charge in [0.1, 0.15) is 0 Å². The third kappa shape index (κ3) is 5.90. The molecule has 0 bridgehead atoms. The summed E-state index contributed by atoms with van der Waals surface area (Å²) in [6, 6.07) is -0.258. The summed E-state index contributed by atoms with van der Waals surface area (Å²) in [5, 5.41) is 4.43. The van der Waals surface area contributed by atoms with Gasteiger partial charge in [-0.1, -0.05) is 0 Å². The zero-order chi connectivity index (χ0) is 13.5. The highest BCUT2D eigenvalue weighted by Gasteiger charge is 2.25. The van der Waals surface area contributed by atoms with Crippen molar-refractivity contribution >= 4 is 29.7 Å². The molecule has 0 heterocycles. The van der Waals surface area contributed by atoms with Crippen molar-refractivity contribution in [1.82, 2.24) is 10.6 Å². The predicted octanol–water partition coefficient (Wildman–Crippen LogP) is 0.659. The van der Waals surface area contributed by atoms with E-state index in [4.69, 9.17) is 4.74 Å². The average Bonchev–Trinajstić information content (AvgIpc) is 3.09. The Kier molecular flexibility index (Phi) is 5.97. The highest BCUT2D eigenvalue weighted by molar-refractivity contribution is 8.01. The van der Waals surface area contributed by atoms with Gasteiger partial charge in [0.05, 0.1) is 17.6 Å². The number of rotatable bonds is 6. The summed E-state index contributed by atoms with van der Waals surface area (Å²) in [7, 11) is 0. The van der Waals surface area contributed by atoms with Crippen LogP contribution in [0.5, 0.6) is 0 Å². The zero-order valence-electron chi connectivity index (χ0n) is 10.5. The molecule has 102 valence electrons. The highest BCUT2D eigenvalue weighted by atomic mass is 32.2. The van der Waals surface area contributed by atoms with Gasteiger partial charge in [0.2, 0.25) is 5.91 Å². The molecule has 3 amide bonds. The van der Waals surface area contributed by atoms with E-state index < -0.39 is 17.2 Å². The van der Waals surface area contributed by atoms with E-state index >= 15 is 0 Å². The molecule has 0 aromatic rings. The van der Waals surface area contributed by atoms with Crippen molar-refractivity contribution in [3.05, 3.63) is 0 Å². The van der Waals surface area contributed by atoms with Gasteiger partial charge >= 0.3 is 12.0 Å². The Morgan fingerprint density at radius 1 is 1.39 bits per heavy atom. The lowest BCUT2D eigenvalue weighted by atomic mass is 10.4. The van der Waals surface area contributed by atoms with Crippen LogP contribution in [0.4, 0.5) is 4.79 Å². The second-order valence-corrected chi connectivity index (χ2v) is 5.32. The van der Waals surface area contributed by atoms with Gasteiger partial charge in [0.15, 0.2) is 0 Å². The largest absolute Gasteiger partial charge is 0.465 e. The van der Waals surface area contributed by atoms with Crippen molar-refractivity contribution in [1.29, 1.82) is 0 Å². The lowest BCUT2D eigenvalue weighted by molar-refractivity contribution is -0.139. The minimum Gasteiger partial charge on any atom is -0.465 e. The van der Waals surface area contributed by atoms with Crippen LogP contribution in [0.15, 0.2) is 0 Å². The van der Waals surface area contributed by atoms with Gasteiger partial charge in [0.25, 0.3) is 0 Å². The van der Waals surface area contributed by atoms with E-state index in [1.165, 1.54) is 0 Å². The molecule has 0 unspecified atom stereocenters. The van der Waals surface area contributed by atoms with E-state index in [0.717, 1.165) is 24.6 Å². The summed E-state index contributed by atoms with van der Waals surface area (Å²) >= 11 is 1.14. The topological polar surface area (TPSA) is 84.5 Å². The van der Waals surface area contributed by atoms with E-state index in [9.17, 15) is 14.4 Å². The normalized spacial score (nSPS) is 15.7. The Morgan fingerprint density at radius 2 is 2.06 bits per heavy atom. The summed E-state index contributed by atoms with van der Waals surface area (Å²) in [6.07, 6.45) is 1.93. The maximum atomic E-state index is 11.6. The van der Waals surface area contributed by atoms with Crippen LogP contribution >= 0.6 is 11.8 Å². The first-order valence-electron chi connectivity index (χ1n) is 5.91. The smallest absolute Gasteiger partial charge is 0.321 e. The summed E-state index contributed by atoms with van der Waals surface area (Å²) in [4.78, 5) is 34.0. The van der Waals surface area contributed by atoms with Crippen molar-refractivity contribution in [2.24, 2.45) is 0 Å². The van der Waals surface area contributed by atoms with Crippen molar-refractivity contribution < 1.29 is 19.1 Å². The van der Waals surface area contributed by atoms with Crippen molar-refractivity contribution in [3.63, 3.8) is 0 Å². The molecule has 1 aliphatic carbocycles. The Hall–Kier alpha value is -1.24. The number of amides is 3. The molecule has 0 radical (unpaired) electrons. The molecule has 0 aliphatic heterocycles. The minimum atomic E-state index is -0.473. The monoisotopic (exact) mass is 274 g/mol. The number of ether oxygens (including phenoxy) is 1. The summed E-state index contributed by atoms with van der Waals surface area (Å²) in [6.45, 7) is 3.69. The minimum absolute atomic E-state index is 0.104. The number of carbonyl (C=O) groups excluding carboxylic acids is 3. The van der Waals surface area contributed by atoms with E-state index in [1.807, 2.05) is 0 Å². The summed E-state index contributed by atoms with van der Waals surface area (Å²) < 4.78 is 4.74. The second-order valence-electron chi connectivity index (χ2n) is 4.00. The van der Waals surface area contributed by atoms with Crippen LogP contribution in [0.2, 0.25) is 0 Å². The molecule has 0 aromatic carbocycles. The first-order chi connectivity index (χ1) is 8.52. The summed E-state index contributed by atoms with van der Waals surface area (Å²) in [5.74, 6) is -0.654. The number of carbonyl (C=O) groups is 3. The standard InChI is InChI=1S/C11H18N2O4S/c1-3-17-9(14)6-18-7(2)10(15)13-11(16)12-8-4-5-8/h7-8H,3-6H2,1-2H3,(H2,12,13,15,16)/t7-/m0/s1. The van der Waals surface area contributed by atoms with E-state index in [2.05, 4.69) is 10.6 Å². The number of nitrogens with one attached hydrogen (secondary N) is 2. The van der Waals surface area contributed by atoms with E-state index in [-0.39, 0.29) is 17.8 Å². The van der Waals surface area contributed by atoms with E-state index in [0.29, 0.717) is 6.61 Å². The number of hydrogen-bond donors (Lipinski definition) is 2. The van der Waals surface area contributed by atoms with Gasteiger partial charge in [-0.15, -0.1) is 11.8 Å². The van der Waals surface area contributed by atoms with Crippen molar-refractivity contribution in [2.45, 2.75) is 38.0 Å². The van der Waals surface area contributed by atoms with Gasteiger partial charge in [-0.05, 0) is 26.7 Å². The summed E-state index contributed by atoms with van der Waals surface area (Å²) in [5.41, 5.74) is 0. The van der Waals surface area contributed by atoms with Crippen molar-refractivity contribution in [2.75, 3.05) is 12.4 Å². The van der Waals surface area contributed by atoms with Gasteiger partial charge < -0.3 is 10.1 Å². The zero-order valence-corrected chi connectivity index (χ0v) is 11.3. The number of imide groups is 1. The molecule has 2 N–H and O–H groups in total. The quantitative estimate of drug-likeness (QED) is 0.695. The molecule has 0 saturated heterocycles. The van der Waals surface area contributed by atoms with Crippen LogP contribution in [-0.2, 0) is 14.3 Å². The fraction of sp³-hybridized carbons (Fsp3) is 0.727. The second kappa shape index (κ2) is 7.25. The maximum absolute atomic E-state index is 11.6. The lowest BCUT2D eigenvalue weighted by Crippen LogP contribution is -2.43. The number of thioether (sulfide) groups is 1. The Morgan fingerprint density at radius 3 is 2.61 bits per heavy atom. The molecule has 1 aliphatic rings. The Balaban J connectivity index is 2.18. The molecule has 1 atom stereocenters. The Labute approximate surface area is 110 Å². The van der Waals surface area contributed by atoms with Crippen LogP contribution in [0.3, 0.4) is 0 Å². The predicted molar refractivity (Wildman–Crippen MR) is 68.2 cm³/mol. The maximum Gasteiger partial charge on any atom is 0.321 e. The first-order valence-corrected chi connectivity index (χ1v) is 6.96. The lowest BCUT2D eigenvalue weighted by Gasteiger charge is -2.11. The molecule has 7 heteroatoms. The fourth-order valence-electron chi connectivity index (χ4n) is 1.13. The van der Waals surface area contributed by atoms with E-state index in [1.54, 1.807) is 13.8 Å². The highest BCUT2D eigenvalue weighted by Crippen LogP contribution is 2.18. The van der Waals surface area contributed by atoms with Crippen LogP contribution in [0.25, 0.3) is 0 Å². The molecule has 1 rings (SSSR count). The Bertz CT molecular complexity index is 331. The average molecular weight is 274 g/mol. The molecule has 0 aromatic heterocycles. The fourth-order valence-corrected chi connectivity index (χ4v) is 1.81.